The van der Waals surface area contributed by atoms with Gasteiger partial charge in [0.05, 0.1) is 18.2 Å². The lowest BCUT2D eigenvalue weighted by Gasteiger charge is -2.26. The molecule has 178 valence electrons. The number of hydrogen-bond acceptors (Lipinski definition) is 3. The van der Waals surface area contributed by atoms with Crippen LogP contribution in [0.15, 0.2) is 54.6 Å². The van der Waals surface area contributed by atoms with Crippen molar-refractivity contribution in [1.82, 2.24) is 10.6 Å². The van der Waals surface area contributed by atoms with Gasteiger partial charge < -0.3 is 15.7 Å². The fourth-order valence-corrected chi connectivity index (χ4v) is 4.81. The predicted octanol–water partition coefficient (Wildman–Crippen LogP) is 4.95. The Morgan fingerprint density at radius 3 is 2.29 bits per heavy atom. The molecule has 0 fully saturated rings. The highest BCUT2D eigenvalue weighted by molar-refractivity contribution is 6.30. The summed E-state index contributed by atoms with van der Waals surface area (Å²) in [4.78, 5) is 11.8. The van der Waals surface area contributed by atoms with Crippen LogP contribution in [0.2, 0.25) is 5.02 Å². The first kappa shape index (κ1) is 24.3. The minimum Gasteiger partial charge on any atom is -0.390 e. The average Bonchev–Trinajstić information content (AvgIpc) is 3.07. The number of aliphatic hydroxyl groups is 1. The molecule has 0 saturated heterocycles. The molecule has 0 spiro atoms. The average molecular weight is 485 g/mol. The number of amides is 1. The van der Waals surface area contributed by atoms with Gasteiger partial charge in [0.15, 0.2) is 0 Å². The van der Waals surface area contributed by atoms with Gasteiger partial charge in [0.2, 0.25) is 5.91 Å². The van der Waals surface area contributed by atoms with E-state index in [-0.39, 0.29) is 24.9 Å². The zero-order chi connectivity index (χ0) is 24.4. The summed E-state index contributed by atoms with van der Waals surface area (Å²) in [6, 6.07) is 14.4. The van der Waals surface area contributed by atoms with E-state index in [9.17, 15) is 18.7 Å². The van der Waals surface area contributed by atoms with Gasteiger partial charge in [0, 0.05) is 24.6 Å². The molecule has 0 saturated carbocycles. The van der Waals surface area contributed by atoms with Crippen molar-refractivity contribution >= 4 is 17.5 Å². The largest absolute Gasteiger partial charge is 0.390 e. The number of carbonyl (C=O) groups is 1. The maximum absolute atomic E-state index is 13.7. The van der Waals surface area contributed by atoms with E-state index in [0.717, 1.165) is 34.7 Å². The van der Waals surface area contributed by atoms with Crippen LogP contribution in [-0.4, -0.2) is 29.7 Å². The van der Waals surface area contributed by atoms with E-state index >= 15 is 0 Å². The summed E-state index contributed by atoms with van der Waals surface area (Å²) in [6.45, 7) is 3.59. The normalized spacial score (nSPS) is 16.0. The summed E-state index contributed by atoms with van der Waals surface area (Å²) in [5.41, 5.74) is 5.88. The number of fused-ring (bicyclic) bond motifs is 3. The number of carbonyl (C=O) groups excluding carboxylic acids is 1. The molecule has 0 radical (unpaired) electrons. The number of benzene rings is 3. The highest BCUT2D eigenvalue weighted by Gasteiger charge is 2.30. The topological polar surface area (TPSA) is 61.4 Å². The third-order valence-electron chi connectivity index (χ3n) is 6.21. The van der Waals surface area contributed by atoms with E-state index in [0.29, 0.717) is 10.6 Å². The molecule has 4 rings (SSSR count). The standard InChI is InChI=1S/C27H27ClF2N2O2/c1-3-16-4-6-21-22-7-5-18(28)12-24(22)27(23(21)10-16)31-14-26(34)25(32-15(2)33)11-17-8-19(29)13-20(30)9-17/h4-10,12-13,25-27,31,34H,3,11,14H2,1-2H3,(H,32,33)/t25-,26+,27?/m0/s1. The van der Waals surface area contributed by atoms with Gasteiger partial charge in [-0.05, 0) is 70.5 Å². The fraction of sp³-hybridized carbons (Fsp3) is 0.296. The zero-order valence-corrected chi connectivity index (χ0v) is 19.8. The van der Waals surface area contributed by atoms with E-state index in [1.54, 1.807) is 0 Å². The van der Waals surface area contributed by atoms with Gasteiger partial charge in [0.25, 0.3) is 0 Å². The lowest BCUT2D eigenvalue weighted by Crippen LogP contribution is -2.48. The van der Waals surface area contributed by atoms with Crippen molar-refractivity contribution < 1.29 is 18.7 Å². The van der Waals surface area contributed by atoms with Crippen molar-refractivity contribution in [3.63, 3.8) is 0 Å². The van der Waals surface area contributed by atoms with Crippen LogP contribution in [0.4, 0.5) is 8.78 Å². The molecule has 3 aromatic carbocycles. The van der Waals surface area contributed by atoms with Gasteiger partial charge in [-0.1, -0.05) is 42.8 Å². The summed E-state index contributed by atoms with van der Waals surface area (Å²) in [5, 5.41) is 17.7. The smallest absolute Gasteiger partial charge is 0.217 e. The van der Waals surface area contributed by atoms with E-state index in [2.05, 4.69) is 35.8 Å². The molecule has 0 bridgehead atoms. The number of aliphatic hydroxyl groups excluding tert-OH is 1. The van der Waals surface area contributed by atoms with Crippen LogP contribution < -0.4 is 10.6 Å². The lowest BCUT2D eigenvalue weighted by atomic mass is 9.99. The highest BCUT2D eigenvalue weighted by atomic mass is 35.5. The molecule has 0 aliphatic heterocycles. The third kappa shape index (κ3) is 5.30. The summed E-state index contributed by atoms with van der Waals surface area (Å²) >= 11 is 6.29. The van der Waals surface area contributed by atoms with E-state index < -0.39 is 23.8 Å². The third-order valence-corrected chi connectivity index (χ3v) is 6.45. The molecule has 1 aliphatic carbocycles. The Balaban J connectivity index is 1.57. The number of hydrogen-bond donors (Lipinski definition) is 3. The minimum absolute atomic E-state index is 0.0841. The van der Waals surface area contributed by atoms with E-state index in [1.807, 2.05) is 18.2 Å². The van der Waals surface area contributed by atoms with Crippen molar-refractivity contribution in [3.8, 4) is 11.1 Å². The Labute approximate surface area is 203 Å². The van der Waals surface area contributed by atoms with Gasteiger partial charge in [-0.25, -0.2) is 8.78 Å². The van der Waals surface area contributed by atoms with Crippen molar-refractivity contribution in [1.29, 1.82) is 0 Å². The molecular formula is C27H27ClF2N2O2. The van der Waals surface area contributed by atoms with Crippen LogP contribution in [0.25, 0.3) is 11.1 Å². The molecule has 4 nitrogen and oxygen atoms in total. The van der Waals surface area contributed by atoms with Crippen LogP contribution in [0.3, 0.4) is 0 Å². The van der Waals surface area contributed by atoms with Gasteiger partial charge in [-0.15, -0.1) is 0 Å². The van der Waals surface area contributed by atoms with Gasteiger partial charge >= 0.3 is 0 Å². The molecule has 7 heteroatoms. The van der Waals surface area contributed by atoms with Crippen LogP contribution in [0, 0.1) is 11.6 Å². The number of aryl methyl sites for hydroxylation is 1. The molecule has 0 aromatic heterocycles. The first-order valence-corrected chi connectivity index (χ1v) is 11.7. The first-order chi connectivity index (χ1) is 16.2. The molecular weight excluding hydrogens is 458 g/mol. The monoisotopic (exact) mass is 484 g/mol. The SMILES string of the molecule is CCc1ccc2c(c1)C(NC[C@@H](O)[C@H](Cc1cc(F)cc(F)c1)NC(C)=O)c1cc(Cl)ccc1-2. The molecule has 3 aromatic rings. The van der Waals surface area contributed by atoms with E-state index in [1.165, 1.54) is 24.6 Å². The quantitative estimate of drug-likeness (QED) is 0.424. The maximum Gasteiger partial charge on any atom is 0.217 e. The number of halogens is 3. The minimum atomic E-state index is -1.00. The summed E-state index contributed by atoms with van der Waals surface area (Å²) in [6.07, 6.45) is -0.0220. The summed E-state index contributed by atoms with van der Waals surface area (Å²) in [7, 11) is 0. The Morgan fingerprint density at radius 2 is 1.65 bits per heavy atom. The van der Waals surface area contributed by atoms with Gasteiger partial charge in [0.1, 0.15) is 11.6 Å². The molecule has 1 aliphatic rings. The van der Waals surface area contributed by atoms with Crippen LogP contribution >= 0.6 is 11.6 Å². The number of nitrogens with one attached hydrogen (secondary N) is 2. The zero-order valence-electron chi connectivity index (χ0n) is 19.0. The molecule has 1 amide bonds. The fourth-order valence-electron chi connectivity index (χ4n) is 4.63. The summed E-state index contributed by atoms with van der Waals surface area (Å²) < 4.78 is 27.3. The second-order valence-electron chi connectivity index (χ2n) is 8.70. The Bertz CT molecular complexity index is 1200. The van der Waals surface area contributed by atoms with E-state index in [4.69, 9.17) is 11.6 Å². The lowest BCUT2D eigenvalue weighted by molar-refractivity contribution is -0.120. The van der Waals surface area contributed by atoms with Crippen molar-refractivity contribution in [3.05, 3.63) is 93.5 Å². The van der Waals surface area contributed by atoms with Crippen molar-refractivity contribution in [2.45, 2.75) is 44.9 Å². The van der Waals surface area contributed by atoms with Crippen LogP contribution in [0.5, 0.6) is 0 Å². The second-order valence-corrected chi connectivity index (χ2v) is 9.14. The Kier molecular flexibility index (Phi) is 7.31. The molecule has 3 N–H and O–H groups in total. The highest BCUT2D eigenvalue weighted by Crippen LogP contribution is 2.44. The second kappa shape index (κ2) is 10.2. The van der Waals surface area contributed by atoms with Crippen LogP contribution in [0.1, 0.15) is 42.1 Å². The van der Waals surface area contributed by atoms with Crippen LogP contribution in [-0.2, 0) is 17.6 Å². The Hall–Kier alpha value is -2.80. The molecule has 1 unspecified atom stereocenters. The Morgan fingerprint density at radius 1 is 1.00 bits per heavy atom. The van der Waals surface area contributed by atoms with Gasteiger partial charge in [-0.2, -0.15) is 0 Å². The van der Waals surface area contributed by atoms with Crippen molar-refractivity contribution in [2.24, 2.45) is 0 Å². The number of rotatable bonds is 8. The summed E-state index contributed by atoms with van der Waals surface area (Å²) in [5.74, 6) is -1.74. The molecule has 34 heavy (non-hydrogen) atoms. The predicted molar refractivity (Wildman–Crippen MR) is 130 cm³/mol. The van der Waals surface area contributed by atoms with Gasteiger partial charge in [-0.3, -0.25) is 4.79 Å². The molecule has 0 heterocycles. The van der Waals surface area contributed by atoms with Crippen molar-refractivity contribution in [2.75, 3.05) is 6.54 Å². The first-order valence-electron chi connectivity index (χ1n) is 11.3. The molecule has 3 atom stereocenters. The maximum atomic E-state index is 13.7.